The van der Waals surface area contributed by atoms with E-state index in [1.54, 1.807) is 18.5 Å². The van der Waals surface area contributed by atoms with Gasteiger partial charge in [0.1, 0.15) is 6.33 Å². The molecule has 0 unspecified atom stereocenters. The highest BCUT2D eigenvalue weighted by molar-refractivity contribution is 5.62. The zero-order valence-electron chi connectivity index (χ0n) is 9.82. The number of aliphatic carboxylic acids is 1. The van der Waals surface area contributed by atoms with Crippen LogP contribution in [0.2, 0.25) is 0 Å². The average Bonchev–Trinajstić information content (AvgIpc) is 2.22. The van der Waals surface area contributed by atoms with Gasteiger partial charge in [-0.2, -0.15) is 0 Å². The predicted octanol–water partition coefficient (Wildman–Crippen LogP) is 1.49. The molecule has 1 aromatic rings. The minimum absolute atomic E-state index is 0.500. The molecule has 1 aromatic heterocycles. The van der Waals surface area contributed by atoms with Gasteiger partial charge in [-0.3, -0.25) is 14.9 Å². The fraction of sp³-hybridized carbons (Fsp3) is 0.444. The molecule has 0 atom stereocenters. The summed E-state index contributed by atoms with van der Waals surface area (Å²) < 4.78 is 0. The SMILES string of the molecule is CC.CC(=O)O.C[N+](=O)[O-].c1cncnc1. The zero-order chi connectivity index (χ0) is 13.4. The Kier molecular flexibility index (Phi) is 22.8. The van der Waals surface area contributed by atoms with Crippen LogP contribution in [0.4, 0.5) is 0 Å². The smallest absolute Gasteiger partial charge is 0.300 e. The van der Waals surface area contributed by atoms with Gasteiger partial charge >= 0.3 is 0 Å². The van der Waals surface area contributed by atoms with Crippen LogP contribution in [-0.2, 0) is 4.79 Å². The van der Waals surface area contributed by atoms with Gasteiger partial charge in [0, 0.05) is 24.2 Å². The number of nitro groups is 1. The summed E-state index contributed by atoms with van der Waals surface area (Å²) in [5.74, 6) is -0.833. The molecular weight excluding hydrogens is 214 g/mol. The second-order valence-corrected chi connectivity index (χ2v) is 1.86. The first-order valence-electron chi connectivity index (χ1n) is 4.44. The van der Waals surface area contributed by atoms with E-state index in [2.05, 4.69) is 9.97 Å². The van der Waals surface area contributed by atoms with Crippen LogP contribution < -0.4 is 0 Å². The van der Waals surface area contributed by atoms with Crippen molar-refractivity contribution in [3.05, 3.63) is 34.9 Å². The maximum Gasteiger partial charge on any atom is 0.300 e. The number of aromatic nitrogens is 2. The second kappa shape index (κ2) is 18.7. The van der Waals surface area contributed by atoms with E-state index in [0.29, 0.717) is 0 Å². The Morgan fingerprint density at radius 1 is 1.31 bits per heavy atom. The number of nitrogens with zero attached hydrogens (tertiary/aromatic N) is 3. The Morgan fingerprint density at radius 3 is 1.62 bits per heavy atom. The van der Waals surface area contributed by atoms with Crippen LogP contribution in [0.15, 0.2) is 24.8 Å². The van der Waals surface area contributed by atoms with E-state index in [4.69, 9.17) is 20.0 Å². The Balaban J connectivity index is -0.000000152. The van der Waals surface area contributed by atoms with Crippen LogP contribution in [0.5, 0.6) is 0 Å². The summed E-state index contributed by atoms with van der Waals surface area (Å²) in [6, 6.07) is 1.78. The highest BCUT2D eigenvalue weighted by Crippen LogP contribution is 1.66. The van der Waals surface area contributed by atoms with Gasteiger partial charge in [-0.15, -0.1) is 0 Å². The number of rotatable bonds is 0. The van der Waals surface area contributed by atoms with Crippen molar-refractivity contribution in [1.29, 1.82) is 0 Å². The Morgan fingerprint density at radius 2 is 1.56 bits per heavy atom. The van der Waals surface area contributed by atoms with E-state index in [9.17, 15) is 0 Å². The lowest BCUT2D eigenvalue weighted by atomic mass is 10.7. The van der Waals surface area contributed by atoms with E-state index in [-0.39, 0.29) is 0 Å². The van der Waals surface area contributed by atoms with Crippen molar-refractivity contribution >= 4 is 5.97 Å². The van der Waals surface area contributed by atoms with Crippen LogP contribution in [0.3, 0.4) is 0 Å². The van der Waals surface area contributed by atoms with Gasteiger partial charge < -0.3 is 5.11 Å². The summed E-state index contributed by atoms with van der Waals surface area (Å²) in [6.07, 6.45) is 4.88. The number of hydrogen-bond donors (Lipinski definition) is 1. The normalized spacial score (nSPS) is 6.50. The highest BCUT2D eigenvalue weighted by atomic mass is 16.6. The molecule has 0 saturated heterocycles. The van der Waals surface area contributed by atoms with Crippen molar-refractivity contribution < 1.29 is 14.8 Å². The number of carbonyl (C=O) groups is 1. The first kappa shape index (κ1) is 19.5. The molecule has 0 spiro atoms. The summed E-state index contributed by atoms with van der Waals surface area (Å²) in [7, 11) is 0.889. The van der Waals surface area contributed by atoms with Gasteiger partial charge in [-0.05, 0) is 6.07 Å². The molecule has 0 radical (unpaired) electrons. The lowest BCUT2D eigenvalue weighted by Crippen LogP contribution is -1.79. The molecule has 0 aromatic carbocycles. The third-order valence-electron chi connectivity index (χ3n) is 0.478. The minimum Gasteiger partial charge on any atom is -0.481 e. The molecule has 0 fully saturated rings. The Labute approximate surface area is 94.3 Å². The molecule has 0 amide bonds. The van der Waals surface area contributed by atoms with E-state index in [1.807, 2.05) is 13.8 Å². The molecule has 1 N–H and O–H groups in total. The number of carboxylic acid groups (broad SMARTS) is 1. The average molecular weight is 231 g/mol. The standard InChI is InChI=1S/C4H4N2.C2H4O2.C2H6.CH3NO2/c1-2-5-4-6-3-1;1-2(3)4;1-2;1-2(3)4/h1-4H;1H3,(H,3,4);1-2H3;1H3. The van der Waals surface area contributed by atoms with Crippen molar-refractivity contribution in [3.8, 4) is 0 Å². The predicted molar refractivity (Wildman–Crippen MR) is 59.6 cm³/mol. The van der Waals surface area contributed by atoms with Crippen LogP contribution in [0.1, 0.15) is 20.8 Å². The van der Waals surface area contributed by atoms with E-state index in [1.165, 1.54) is 6.33 Å². The van der Waals surface area contributed by atoms with Crippen molar-refractivity contribution in [2.45, 2.75) is 20.8 Å². The molecule has 0 saturated carbocycles. The summed E-state index contributed by atoms with van der Waals surface area (Å²) >= 11 is 0. The van der Waals surface area contributed by atoms with Gasteiger partial charge in [0.05, 0.1) is 0 Å². The summed E-state index contributed by atoms with van der Waals surface area (Å²) in [6.45, 7) is 5.08. The fourth-order valence-corrected chi connectivity index (χ4v) is 0.253. The third-order valence-corrected chi connectivity index (χ3v) is 0.478. The molecule has 7 nitrogen and oxygen atoms in total. The van der Waals surface area contributed by atoms with Gasteiger partial charge in [-0.1, -0.05) is 13.8 Å². The molecule has 0 bridgehead atoms. The lowest BCUT2D eigenvalue weighted by Gasteiger charge is -1.70. The first-order chi connectivity index (χ1) is 7.46. The number of carboxylic acids is 1. The lowest BCUT2D eigenvalue weighted by molar-refractivity contribution is -0.445. The summed E-state index contributed by atoms with van der Waals surface area (Å²) in [4.78, 5) is 24.7. The minimum atomic E-state index is -0.833. The van der Waals surface area contributed by atoms with Gasteiger partial charge in [-0.25, -0.2) is 9.97 Å². The largest absolute Gasteiger partial charge is 0.481 e. The van der Waals surface area contributed by atoms with Crippen LogP contribution in [0.25, 0.3) is 0 Å². The maximum absolute atomic E-state index is 9.00. The van der Waals surface area contributed by atoms with Crippen LogP contribution >= 0.6 is 0 Å². The Hall–Kier alpha value is -2.05. The van der Waals surface area contributed by atoms with E-state index in [0.717, 1.165) is 14.0 Å². The third kappa shape index (κ3) is 91.8. The number of hydrogen-bond acceptors (Lipinski definition) is 5. The second-order valence-electron chi connectivity index (χ2n) is 1.86. The maximum atomic E-state index is 9.00. The molecule has 0 aliphatic carbocycles. The first-order valence-corrected chi connectivity index (χ1v) is 4.44. The zero-order valence-corrected chi connectivity index (χ0v) is 9.82. The van der Waals surface area contributed by atoms with Crippen LogP contribution in [0, 0.1) is 10.1 Å². The van der Waals surface area contributed by atoms with Crippen molar-refractivity contribution in [2.24, 2.45) is 0 Å². The Bertz CT molecular complexity index is 207. The van der Waals surface area contributed by atoms with Gasteiger partial charge in [0.2, 0.25) is 0 Å². The molecule has 7 heteroatoms. The molecule has 16 heavy (non-hydrogen) atoms. The molecule has 0 aliphatic rings. The van der Waals surface area contributed by atoms with Crippen molar-refractivity contribution in [3.63, 3.8) is 0 Å². The molecule has 1 rings (SSSR count). The topological polar surface area (TPSA) is 106 Å². The monoisotopic (exact) mass is 231 g/mol. The van der Waals surface area contributed by atoms with E-state index >= 15 is 0 Å². The van der Waals surface area contributed by atoms with Crippen molar-refractivity contribution in [1.82, 2.24) is 9.97 Å². The molecular formula is C9H17N3O4. The van der Waals surface area contributed by atoms with E-state index < -0.39 is 10.9 Å². The fourth-order valence-electron chi connectivity index (χ4n) is 0.253. The summed E-state index contributed by atoms with van der Waals surface area (Å²) in [5.41, 5.74) is 0. The van der Waals surface area contributed by atoms with Gasteiger partial charge in [0.15, 0.2) is 7.05 Å². The quantitative estimate of drug-likeness (QED) is 0.535. The van der Waals surface area contributed by atoms with Gasteiger partial charge in [0.25, 0.3) is 5.97 Å². The summed E-state index contributed by atoms with van der Waals surface area (Å²) in [5, 5.41) is 16.2. The molecule has 1 heterocycles. The highest BCUT2D eigenvalue weighted by Gasteiger charge is 1.65. The molecule has 92 valence electrons. The van der Waals surface area contributed by atoms with Crippen molar-refractivity contribution in [2.75, 3.05) is 7.05 Å². The van der Waals surface area contributed by atoms with Crippen LogP contribution in [-0.4, -0.2) is 33.0 Å². The molecule has 0 aliphatic heterocycles.